The Hall–Kier alpha value is -2.71. The van der Waals surface area contributed by atoms with Crippen molar-refractivity contribution < 1.29 is 22.9 Å². The summed E-state index contributed by atoms with van der Waals surface area (Å²) in [6.45, 7) is 0. The Labute approximate surface area is 164 Å². The molecule has 0 spiro atoms. The van der Waals surface area contributed by atoms with Gasteiger partial charge in [0, 0.05) is 31.9 Å². The summed E-state index contributed by atoms with van der Waals surface area (Å²) in [5.74, 6) is -0.816. The number of hydrogen-bond donors (Lipinski definition) is 1. The Morgan fingerprint density at radius 1 is 1.29 bits per heavy atom. The minimum absolute atomic E-state index is 0.112. The summed E-state index contributed by atoms with van der Waals surface area (Å²) in [7, 11) is 3.56. The molecule has 28 heavy (non-hydrogen) atoms. The van der Waals surface area contributed by atoms with Crippen molar-refractivity contribution in [3.05, 3.63) is 54.0 Å². The Bertz CT molecular complexity index is 1030. The summed E-state index contributed by atoms with van der Waals surface area (Å²) >= 11 is -1.84. The lowest BCUT2D eigenvalue weighted by atomic mass is 10.2. The lowest BCUT2D eigenvalue weighted by Gasteiger charge is -2.13. The first-order chi connectivity index (χ1) is 13.4. The van der Waals surface area contributed by atoms with Gasteiger partial charge in [-0.15, -0.1) is 0 Å². The van der Waals surface area contributed by atoms with Crippen LogP contribution in [0.5, 0.6) is 5.75 Å². The number of carbonyl (C=O) groups is 1. The molecule has 1 N–H and O–H groups in total. The average molecular weight is 402 g/mol. The van der Waals surface area contributed by atoms with Gasteiger partial charge >= 0.3 is 5.91 Å². The van der Waals surface area contributed by atoms with Gasteiger partial charge in [-0.3, -0.25) is 4.79 Å². The number of para-hydroxylation sites is 1. The summed E-state index contributed by atoms with van der Waals surface area (Å²) in [6.07, 6.45) is 2.07. The van der Waals surface area contributed by atoms with E-state index in [9.17, 15) is 13.7 Å². The van der Waals surface area contributed by atoms with Crippen LogP contribution in [0.4, 0.5) is 10.1 Å². The third-order valence-corrected chi connectivity index (χ3v) is 5.47. The van der Waals surface area contributed by atoms with Crippen LogP contribution in [-0.4, -0.2) is 30.7 Å². The average Bonchev–Trinajstić information content (AvgIpc) is 3.36. The van der Waals surface area contributed by atoms with Gasteiger partial charge in [-0.1, -0.05) is 12.1 Å². The Morgan fingerprint density at radius 3 is 2.75 bits per heavy atom. The first-order valence-electron chi connectivity index (χ1n) is 8.81. The molecule has 1 amide bonds. The first-order valence-corrected chi connectivity index (χ1v) is 9.96. The van der Waals surface area contributed by atoms with Crippen LogP contribution in [0, 0.1) is 5.82 Å². The predicted octanol–water partition coefficient (Wildman–Crippen LogP) is 3.63. The number of anilines is 1. The molecule has 0 radical (unpaired) electrons. The Morgan fingerprint density at radius 2 is 2.04 bits per heavy atom. The van der Waals surface area contributed by atoms with Crippen LogP contribution in [0.3, 0.4) is 0 Å². The van der Waals surface area contributed by atoms with Gasteiger partial charge < -0.3 is 18.6 Å². The van der Waals surface area contributed by atoms with Crippen LogP contribution in [0.15, 0.2) is 51.8 Å². The second-order valence-corrected chi connectivity index (χ2v) is 7.99. The number of hydrogen-bond acceptors (Lipinski definition) is 5. The maximum absolute atomic E-state index is 14.3. The molecule has 8 heteroatoms. The van der Waals surface area contributed by atoms with Crippen molar-refractivity contribution in [2.45, 2.75) is 23.8 Å². The Balaban J connectivity index is 1.56. The zero-order valence-corrected chi connectivity index (χ0v) is 16.2. The maximum Gasteiger partial charge on any atom is 0.328 e. The molecule has 1 aliphatic rings. The summed E-state index contributed by atoms with van der Waals surface area (Å²) in [6, 6.07) is 11.2. The van der Waals surface area contributed by atoms with E-state index in [0.717, 1.165) is 12.8 Å². The molecule has 1 unspecified atom stereocenters. The third kappa shape index (κ3) is 3.79. The van der Waals surface area contributed by atoms with Gasteiger partial charge in [0.25, 0.3) is 0 Å². The second-order valence-electron chi connectivity index (χ2n) is 6.81. The highest BCUT2D eigenvalue weighted by molar-refractivity contribution is 7.90. The van der Waals surface area contributed by atoms with Crippen molar-refractivity contribution in [2.24, 2.45) is 0 Å². The maximum atomic E-state index is 14.3. The number of ether oxygens (including phenoxy) is 1. The molecule has 1 fully saturated rings. The molecule has 6 nitrogen and oxygen atoms in total. The lowest BCUT2D eigenvalue weighted by molar-refractivity contribution is 0.0956. The zero-order valence-electron chi connectivity index (χ0n) is 15.4. The molecule has 2 aromatic carbocycles. The summed E-state index contributed by atoms with van der Waals surface area (Å²) < 4.78 is 40.6. The highest BCUT2D eigenvalue weighted by atomic mass is 32.2. The fraction of sp³-hybridized carbons (Fsp3) is 0.250. The summed E-state index contributed by atoms with van der Waals surface area (Å²) in [4.78, 5) is 14.6. The Kier molecular flexibility index (Phi) is 4.91. The molecule has 4 rings (SSSR count). The van der Waals surface area contributed by atoms with Crippen molar-refractivity contribution in [1.29, 1.82) is 0 Å². The van der Waals surface area contributed by atoms with Crippen LogP contribution in [0.25, 0.3) is 11.0 Å². The number of halogens is 1. The number of nitrogens with zero attached hydrogens (tertiary/aromatic N) is 1. The molecule has 3 aromatic rings. The number of amides is 1. The van der Waals surface area contributed by atoms with Crippen LogP contribution in [-0.2, 0) is 11.4 Å². The lowest BCUT2D eigenvalue weighted by Crippen LogP contribution is -2.30. The zero-order chi connectivity index (χ0) is 19.8. The third-order valence-electron chi connectivity index (χ3n) is 4.36. The van der Waals surface area contributed by atoms with E-state index in [1.54, 1.807) is 49.3 Å². The summed E-state index contributed by atoms with van der Waals surface area (Å²) in [5.41, 5.74) is 0.859. The fourth-order valence-corrected chi connectivity index (χ4v) is 3.59. The number of carbonyl (C=O) groups excluding carboxylic acids is 1. The van der Waals surface area contributed by atoms with Gasteiger partial charge in [0.1, 0.15) is 22.8 Å². The molecular formula is C20H19FN2O4S. The van der Waals surface area contributed by atoms with E-state index in [2.05, 4.69) is 4.72 Å². The monoisotopic (exact) mass is 402 g/mol. The normalized spacial score (nSPS) is 14.7. The SMILES string of the molecule is CN(C)c1cc(F)c2cc(C(=O)N[S+]([O-])c3ccccc3OC3CC3)oc2c1. The van der Waals surface area contributed by atoms with Crippen molar-refractivity contribution >= 4 is 33.9 Å². The molecule has 146 valence electrons. The van der Waals surface area contributed by atoms with Crippen molar-refractivity contribution in [1.82, 2.24) is 4.72 Å². The van der Waals surface area contributed by atoms with Crippen LogP contribution in [0.1, 0.15) is 23.4 Å². The van der Waals surface area contributed by atoms with E-state index in [4.69, 9.17) is 9.15 Å². The molecular weight excluding hydrogens is 383 g/mol. The van der Waals surface area contributed by atoms with Crippen molar-refractivity contribution in [2.75, 3.05) is 19.0 Å². The number of rotatable bonds is 6. The van der Waals surface area contributed by atoms with Crippen LogP contribution >= 0.6 is 0 Å². The standard InChI is InChI=1S/C20H19FN2O4S/c1-23(2)12-9-15(21)14-11-18(27-17(14)10-12)20(24)22-28(25)19-6-4-3-5-16(19)26-13-7-8-13/h3-6,9-11,13H,7-8H2,1-2H3,(H,22,24). The van der Waals surface area contributed by atoms with Crippen molar-refractivity contribution in [3.8, 4) is 5.75 Å². The van der Waals surface area contributed by atoms with E-state index in [1.165, 1.54) is 12.1 Å². The molecule has 1 saturated carbocycles. The predicted molar refractivity (Wildman–Crippen MR) is 104 cm³/mol. The van der Waals surface area contributed by atoms with E-state index in [-0.39, 0.29) is 22.8 Å². The number of fused-ring (bicyclic) bond motifs is 1. The molecule has 1 aromatic heterocycles. The quantitative estimate of drug-likeness (QED) is 0.637. The van der Waals surface area contributed by atoms with E-state index in [0.29, 0.717) is 16.3 Å². The molecule has 0 bridgehead atoms. The number of benzene rings is 2. The van der Waals surface area contributed by atoms with Crippen LogP contribution in [0.2, 0.25) is 0 Å². The molecule has 0 aliphatic heterocycles. The van der Waals surface area contributed by atoms with Crippen LogP contribution < -0.4 is 14.4 Å². The largest absolute Gasteiger partial charge is 0.588 e. The highest BCUT2D eigenvalue weighted by Crippen LogP contribution is 2.32. The summed E-state index contributed by atoms with van der Waals surface area (Å²) in [5, 5.41) is 0.194. The number of furan rings is 1. The van der Waals surface area contributed by atoms with Gasteiger partial charge in [-0.05, 0) is 31.0 Å². The minimum Gasteiger partial charge on any atom is -0.588 e. The highest BCUT2D eigenvalue weighted by Gasteiger charge is 2.29. The number of nitrogens with one attached hydrogen (secondary N) is 1. The molecule has 0 saturated heterocycles. The van der Waals surface area contributed by atoms with E-state index >= 15 is 0 Å². The second kappa shape index (κ2) is 7.37. The van der Waals surface area contributed by atoms with Gasteiger partial charge in [0.2, 0.25) is 4.90 Å². The van der Waals surface area contributed by atoms with Crippen molar-refractivity contribution in [3.63, 3.8) is 0 Å². The van der Waals surface area contributed by atoms with E-state index in [1.807, 2.05) is 0 Å². The van der Waals surface area contributed by atoms with Gasteiger partial charge in [0.15, 0.2) is 11.5 Å². The fourth-order valence-electron chi connectivity index (χ4n) is 2.71. The van der Waals surface area contributed by atoms with E-state index < -0.39 is 23.1 Å². The smallest absolute Gasteiger partial charge is 0.328 e. The van der Waals surface area contributed by atoms with Gasteiger partial charge in [-0.25, -0.2) is 4.39 Å². The minimum atomic E-state index is -1.84. The molecule has 1 aliphatic carbocycles. The molecule has 1 heterocycles. The molecule has 1 atom stereocenters. The van der Waals surface area contributed by atoms with Gasteiger partial charge in [-0.2, -0.15) is 4.72 Å². The first kappa shape index (κ1) is 18.6. The van der Waals surface area contributed by atoms with Gasteiger partial charge in [0.05, 0.1) is 11.5 Å². The topological polar surface area (TPSA) is 77.8 Å².